The summed E-state index contributed by atoms with van der Waals surface area (Å²) in [4.78, 5) is 30.2. The molecule has 0 spiro atoms. The summed E-state index contributed by atoms with van der Waals surface area (Å²) >= 11 is 0. The summed E-state index contributed by atoms with van der Waals surface area (Å²) < 4.78 is 13.3. The fraction of sp³-hybridized carbons (Fsp3) is 0.227. The molecule has 0 saturated carbocycles. The molecule has 7 heteroatoms. The summed E-state index contributed by atoms with van der Waals surface area (Å²) in [6.07, 6.45) is 7.94. The van der Waals surface area contributed by atoms with Crippen molar-refractivity contribution in [2.24, 2.45) is 14.1 Å². The number of pyridine rings is 1. The molecular formula is C22H21N3O4. The Kier molecular flexibility index (Phi) is 4.58. The smallest absolute Gasteiger partial charge is 0.332 e. The summed E-state index contributed by atoms with van der Waals surface area (Å²) in [6.45, 7) is 0. The van der Waals surface area contributed by atoms with Gasteiger partial charge < -0.3 is 9.47 Å². The van der Waals surface area contributed by atoms with Crippen molar-refractivity contribution in [2.45, 2.75) is 5.92 Å². The normalized spacial score (nSPS) is 13.4. The zero-order chi connectivity index (χ0) is 20.7. The van der Waals surface area contributed by atoms with Crippen molar-refractivity contribution in [2.75, 3.05) is 14.2 Å². The molecule has 1 aliphatic carbocycles. The highest BCUT2D eigenvalue weighted by atomic mass is 16.5. The molecule has 1 aliphatic rings. The lowest BCUT2D eigenvalue weighted by Gasteiger charge is -2.16. The summed E-state index contributed by atoms with van der Waals surface area (Å²) in [5, 5.41) is 0.375. The van der Waals surface area contributed by atoms with Crippen LogP contribution in [0.15, 0.2) is 58.2 Å². The van der Waals surface area contributed by atoms with Gasteiger partial charge in [0.25, 0.3) is 5.56 Å². The summed E-state index contributed by atoms with van der Waals surface area (Å²) in [6, 6.07) is 7.34. The molecule has 29 heavy (non-hydrogen) atoms. The molecule has 148 valence electrons. The Balaban J connectivity index is 2.15. The first kappa shape index (κ1) is 18.7. The minimum atomic E-state index is -0.418. The highest BCUT2D eigenvalue weighted by Gasteiger charge is 2.20. The molecule has 2 heterocycles. The number of nitrogens with zero attached hydrogens (tertiary/aromatic N) is 3. The van der Waals surface area contributed by atoms with Crippen LogP contribution in [0.5, 0.6) is 11.5 Å². The van der Waals surface area contributed by atoms with Gasteiger partial charge in [0.1, 0.15) is 17.1 Å². The van der Waals surface area contributed by atoms with Gasteiger partial charge in [-0.3, -0.25) is 13.9 Å². The number of hydrogen-bond acceptors (Lipinski definition) is 5. The molecule has 0 radical (unpaired) electrons. The molecule has 0 atom stereocenters. The minimum Gasteiger partial charge on any atom is -0.497 e. The molecular weight excluding hydrogens is 370 g/mol. The average molecular weight is 391 g/mol. The first-order valence-electron chi connectivity index (χ1n) is 9.13. The second-order valence-corrected chi connectivity index (χ2v) is 6.90. The van der Waals surface area contributed by atoms with Gasteiger partial charge in [-0.15, -0.1) is 0 Å². The second kappa shape index (κ2) is 7.09. The van der Waals surface area contributed by atoms with Gasteiger partial charge in [0.05, 0.1) is 25.3 Å². The van der Waals surface area contributed by atoms with Crippen LogP contribution in [0, 0.1) is 0 Å². The number of methoxy groups -OCH3 is 2. The van der Waals surface area contributed by atoms with E-state index in [4.69, 9.17) is 9.47 Å². The predicted molar refractivity (Wildman–Crippen MR) is 112 cm³/mol. The summed E-state index contributed by atoms with van der Waals surface area (Å²) in [7, 11) is 6.24. The van der Waals surface area contributed by atoms with Gasteiger partial charge in [0, 0.05) is 31.6 Å². The van der Waals surface area contributed by atoms with E-state index in [2.05, 4.69) is 4.98 Å². The molecule has 3 aromatic rings. The van der Waals surface area contributed by atoms with Crippen LogP contribution in [0.2, 0.25) is 0 Å². The molecule has 0 N–H and O–H groups in total. The Morgan fingerprint density at radius 3 is 2.10 bits per heavy atom. The zero-order valence-electron chi connectivity index (χ0n) is 16.7. The van der Waals surface area contributed by atoms with E-state index in [-0.39, 0.29) is 5.92 Å². The molecule has 0 amide bonds. The maximum absolute atomic E-state index is 13.1. The van der Waals surface area contributed by atoms with E-state index in [0.29, 0.717) is 28.1 Å². The summed E-state index contributed by atoms with van der Waals surface area (Å²) in [5.74, 6) is 1.19. The number of aromatic nitrogens is 3. The van der Waals surface area contributed by atoms with E-state index >= 15 is 0 Å². The average Bonchev–Trinajstić information content (AvgIpc) is 3.29. The van der Waals surface area contributed by atoms with Crippen molar-refractivity contribution in [1.82, 2.24) is 14.1 Å². The molecule has 0 fully saturated rings. The van der Waals surface area contributed by atoms with Crippen molar-refractivity contribution in [1.29, 1.82) is 0 Å². The van der Waals surface area contributed by atoms with E-state index in [1.165, 1.54) is 11.6 Å². The number of allylic oxidation sites excluding steroid dienone is 4. The lowest BCUT2D eigenvalue weighted by Crippen LogP contribution is -2.37. The number of benzene rings is 1. The highest BCUT2D eigenvalue weighted by Crippen LogP contribution is 2.34. The molecule has 0 unspecified atom stereocenters. The van der Waals surface area contributed by atoms with Crippen LogP contribution in [0.3, 0.4) is 0 Å². The lowest BCUT2D eigenvalue weighted by molar-refractivity contribution is 0.394. The zero-order valence-corrected chi connectivity index (χ0v) is 16.7. The van der Waals surface area contributed by atoms with Gasteiger partial charge in [-0.2, -0.15) is 0 Å². The van der Waals surface area contributed by atoms with Crippen LogP contribution < -0.4 is 20.7 Å². The molecule has 7 nitrogen and oxygen atoms in total. The quantitative estimate of drug-likeness (QED) is 0.683. The molecule has 1 aromatic carbocycles. The monoisotopic (exact) mass is 391 g/mol. The number of rotatable bonds is 4. The number of fused-ring (bicyclic) bond motifs is 1. The first-order valence-corrected chi connectivity index (χ1v) is 9.13. The Labute approximate surface area is 167 Å². The van der Waals surface area contributed by atoms with E-state index in [1.807, 2.05) is 42.5 Å². The maximum Gasteiger partial charge on any atom is 0.332 e. The van der Waals surface area contributed by atoms with Crippen LogP contribution in [0.25, 0.3) is 22.2 Å². The Hall–Kier alpha value is -3.61. The molecule has 4 rings (SSSR count). The fourth-order valence-corrected chi connectivity index (χ4v) is 3.57. The van der Waals surface area contributed by atoms with Gasteiger partial charge >= 0.3 is 5.69 Å². The largest absolute Gasteiger partial charge is 0.497 e. The van der Waals surface area contributed by atoms with Crippen LogP contribution in [0.4, 0.5) is 0 Å². The minimum absolute atomic E-state index is 0.0233. The molecule has 0 bridgehead atoms. The van der Waals surface area contributed by atoms with Gasteiger partial charge in [-0.25, -0.2) is 9.78 Å². The van der Waals surface area contributed by atoms with Gasteiger partial charge in [-0.1, -0.05) is 24.3 Å². The molecule has 2 aromatic heterocycles. The van der Waals surface area contributed by atoms with Crippen LogP contribution in [-0.4, -0.2) is 28.3 Å². The fourth-order valence-electron chi connectivity index (χ4n) is 3.57. The third kappa shape index (κ3) is 3.04. The number of hydrogen-bond donors (Lipinski definition) is 0. The predicted octanol–water partition coefficient (Wildman–Crippen LogP) is 2.53. The van der Waals surface area contributed by atoms with Crippen LogP contribution >= 0.6 is 0 Å². The van der Waals surface area contributed by atoms with Gasteiger partial charge in [0.15, 0.2) is 0 Å². The topological polar surface area (TPSA) is 75.3 Å². The SMILES string of the molecule is COc1cc(OC)cc(-c2cc(C3C=CC=C3)nc3c2c(=O)n(C)c(=O)n3C)c1. The Morgan fingerprint density at radius 2 is 1.52 bits per heavy atom. The van der Waals surface area contributed by atoms with Crippen LogP contribution in [-0.2, 0) is 14.1 Å². The first-order chi connectivity index (χ1) is 13.9. The molecule has 0 aliphatic heterocycles. The lowest BCUT2D eigenvalue weighted by atomic mass is 9.97. The van der Waals surface area contributed by atoms with Crippen molar-refractivity contribution >= 4 is 11.0 Å². The van der Waals surface area contributed by atoms with E-state index in [1.54, 1.807) is 27.3 Å². The van der Waals surface area contributed by atoms with E-state index < -0.39 is 11.2 Å². The van der Waals surface area contributed by atoms with Crippen molar-refractivity contribution in [3.63, 3.8) is 0 Å². The third-order valence-corrected chi connectivity index (χ3v) is 5.18. The van der Waals surface area contributed by atoms with E-state index in [9.17, 15) is 9.59 Å². The number of aryl methyl sites for hydroxylation is 1. The van der Waals surface area contributed by atoms with Crippen molar-refractivity contribution < 1.29 is 9.47 Å². The Morgan fingerprint density at radius 1 is 0.897 bits per heavy atom. The maximum atomic E-state index is 13.1. The second-order valence-electron chi connectivity index (χ2n) is 6.90. The van der Waals surface area contributed by atoms with Crippen molar-refractivity contribution in [3.8, 4) is 22.6 Å². The highest BCUT2D eigenvalue weighted by molar-refractivity contribution is 5.93. The third-order valence-electron chi connectivity index (χ3n) is 5.18. The van der Waals surface area contributed by atoms with Gasteiger partial charge in [0.2, 0.25) is 0 Å². The summed E-state index contributed by atoms with van der Waals surface area (Å²) in [5.41, 5.74) is 1.71. The van der Waals surface area contributed by atoms with Crippen molar-refractivity contribution in [3.05, 3.63) is 75.1 Å². The van der Waals surface area contributed by atoms with E-state index in [0.717, 1.165) is 15.8 Å². The number of ether oxygens (including phenoxy) is 2. The van der Waals surface area contributed by atoms with Crippen LogP contribution in [0.1, 0.15) is 11.6 Å². The molecule has 0 saturated heterocycles. The Bertz CT molecular complexity index is 1260. The van der Waals surface area contributed by atoms with Gasteiger partial charge in [-0.05, 0) is 23.8 Å². The standard InChI is InChI=1S/C22H21N3O4/c1-24-20-19(21(26)25(2)22(24)27)17(12-18(23-20)13-7-5-6-8-13)14-9-15(28-3)11-16(10-14)29-4/h5-13H,1-4H3.